The Hall–Kier alpha value is -2.08. The number of carbonyl (C=O) groups is 2. The normalized spacial score (nSPS) is 17.7. The summed E-state index contributed by atoms with van der Waals surface area (Å²) in [5.41, 5.74) is 1.77. The van der Waals surface area contributed by atoms with Crippen LogP contribution >= 0.6 is 0 Å². The highest BCUT2D eigenvalue weighted by molar-refractivity contribution is 5.99. The number of benzene rings is 1. The highest BCUT2D eigenvalue weighted by Gasteiger charge is 2.35. The van der Waals surface area contributed by atoms with E-state index in [2.05, 4.69) is 0 Å². The lowest BCUT2D eigenvalue weighted by atomic mass is 10.1. The third kappa shape index (κ3) is 3.39. The van der Waals surface area contributed by atoms with Crippen molar-refractivity contribution in [3.63, 3.8) is 0 Å². The SMILES string of the molecule is CCN(CCO)c1ccc(N2CC(C(=O)OC)CC2=O)cc1. The van der Waals surface area contributed by atoms with E-state index in [0.29, 0.717) is 13.1 Å². The van der Waals surface area contributed by atoms with Crippen LogP contribution in [-0.2, 0) is 14.3 Å². The molecule has 0 saturated carbocycles. The molecule has 0 bridgehead atoms. The molecule has 0 aliphatic carbocycles. The molecule has 1 atom stereocenters. The number of hydrogen-bond acceptors (Lipinski definition) is 5. The van der Waals surface area contributed by atoms with Gasteiger partial charge in [0.2, 0.25) is 5.91 Å². The van der Waals surface area contributed by atoms with Crippen LogP contribution in [-0.4, -0.2) is 50.3 Å². The molecule has 6 nitrogen and oxygen atoms in total. The number of anilines is 2. The van der Waals surface area contributed by atoms with Crippen LogP contribution < -0.4 is 9.80 Å². The van der Waals surface area contributed by atoms with E-state index in [4.69, 9.17) is 9.84 Å². The number of hydrogen-bond donors (Lipinski definition) is 1. The van der Waals surface area contributed by atoms with Crippen molar-refractivity contribution in [1.29, 1.82) is 0 Å². The van der Waals surface area contributed by atoms with Crippen molar-refractivity contribution < 1.29 is 19.4 Å². The van der Waals surface area contributed by atoms with E-state index < -0.39 is 5.92 Å². The Kier molecular flexibility index (Phi) is 5.38. The Bertz CT molecular complexity index is 529. The molecule has 1 aliphatic heterocycles. The van der Waals surface area contributed by atoms with Gasteiger partial charge in [-0.1, -0.05) is 0 Å². The topological polar surface area (TPSA) is 70.1 Å². The van der Waals surface area contributed by atoms with E-state index in [1.54, 1.807) is 4.90 Å². The fraction of sp³-hybridized carbons (Fsp3) is 0.500. The van der Waals surface area contributed by atoms with Gasteiger partial charge in [0, 0.05) is 37.4 Å². The zero-order valence-corrected chi connectivity index (χ0v) is 13.0. The predicted octanol–water partition coefficient (Wildman–Crippen LogP) is 1.03. The molecule has 1 amide bonds. The molecule has 1 fully saturated rings. The average Bonchev–Trinajstić information content (AvgIpc) is 2.94. The second kappa shape index (κ2) is 7.26. The average molecular weight is 306 g/mol. The summed E-state index contributed by atoms with van der Waals surface area (Å²) in [5, 5.41) is 9.06. The molecular formula is C16H22N2O4. The van der Waals surface area contributed by atoms with Gasteiger partial charge in [0.1, 0.15) is 0 Å². The van der Waals surface area contributed by atoms with E-state index in [0.717, 1.165) is 17.9 Å². The van der Waals surface area contributed by atoms with Crippen molar-refractivity contribution in [2.45, 2.75) is 13.3 Å². The number of aliphatic hydroxyl groups excluding tert-OH is 1. The van der Waals surface area contributed by atoms with E-state index in [9.17, 15) is 9.59 Å². The van der Waals surface area contributed by atoms with E-state index in [-0.39, 0.29) is 24.9 Å². The van der Waals surface area contributed by atoms with Gasteiger partial charge in [-0.15, -0.1) is 0 Å². The number of methoxy groups -OCH3 is 1. The van der Waals surface area contributed by atoms with E-state index >= 15 is 0 Å². The number of esters is 1. The molecular weight excluding hydrogens is 284 g/mol. The first-order valence-corrected chi connectivity index (χ1v) is 7.44. The summed E-state index contributed by atoms with van der Waals surface area (Å²) in [4.78, 5) is 27.3. The first kappa shape index (κ1) is 16.3. The summed E-state index contributed by atoms with van der Waals surface area (Å²) >= 11 is 0. The number of amides is 1. The van der Waals surface area contributed by atoms with E-state index in [1.807, 2.05) is 36.1 Å². The molecule has 0 spiro atoms. The molecule has 0 radical (unpaired) electrons. The largest absolute Gasteiger partial charge is 0.469 e. The Labute approximate surface area is 130 Å². The molecule has 0 aromatic heterocycles. The summed E-state index contributed by atoms with van der Waals surface area (Å²) in [6.45, 7) is 3.85. The summed E-state index contributed by atoms with van der Waals surface area (Å²) in [6.07, 6.45) is 0.194. The van der Waals surface area contributed by atoms with Gasteiger partial charge in [-0.25, -0.2) is 0 Å². The van der Waals surface area contributed by atoms with Gasteiger partial charge >= 0.3 is 5.97 Å². The fourth-order valence-corrected chi connectivity index (χ4v) is 2.72. The first-order chi connectivity index (χ1) is 10.6. The Morgan fingerprint density at radius 1 is 1.41 bits per heavy atom. The van der Waals surface area contributed by atoms with Gasteiger partial charge in [-0.05, 0) is 31.2 Å². The zero-order valence-electron chi connectivity index (χ0n) is 13.0. The summed E-state index contributed by atoms with van der Waals surface area (Å²) < 4.78 is 4.71. The summed E-state index contributed by atoms with van der Waals surface area (Å²) in [5.74, 6) is -0.794. The number of ether oxygens (including phenoxy) is 1. The highest BCUT2D eigenvalue weighted by atomic mass is 16.5. The molecule has 1 aromatic rings. The van der Waals surface area contributed by atoms with Crippen LogP contribution in [0, 0.1) is 5.92 Å². The van der Waals surface area contributed by atoms with Gasteiger partial charge in [-0.3, -0.25) is 9.59 Å². The quantitative estimate of drug-likeness (QED) is 0.795. The number of aliphatic hydroxyl groups is 1. The van der Waals surface area contributed by atoms with Crippen LogP contribution in [0.1, 0.15) is 13.3 Å². The maximum absolute atomic E-state index is 12.1. The van der Waals surface area contributed by atoms with Crippen molar-refractivity contribution in [3.05, 3.63) is 24.3 Å². The van der Waals surface area contributed by atoms with E-state index in [1.165, 1.54) is 7.11 Å². The van der Waals surface area contributed by atoms with Crippen LogP contribution in [0.2, 0.25) is 0 Å². The van der Waals surface area contributed by atoms with Crippen molar-refractivity contribution in [3.8, 4) is 0 Å². The maximum atomic E-state index is 12.1. The molecule has 1 heterocycles. The molecule has 1 aromatic carbocycles. The molecule has 120 valence electrons. The smallest absolute Gasteiger partial charge is 0.311 e. The zero-order chi connectivity index (χ0) is 16.1. The molecule has 1 saturated heterocycles. The predicted molar refractivity (Wildman–Crippen MR) is 83.9 cm³/mol. The van der Waals surface area contributed by atoms with Crippen molar-refractivity contribution >= 4 is 23.3 Å². The van der Waals surface area contributed by atoms with Gasteiger partial charge in [-0.2, -0.15) is 0 Å². The molecule has 22 heavy (non-hydrogen) atoms. The third-order valence-electron chi connectivity index (χ3n) is 3.94. The first-order valence-electron chi connectivity index (χ1n) is 7.44. The number of carbonyl (C=O) groups excluding carboxylic acids is 2. The lowest BCUT2D eigenvalue weighted by Gasteiger charge is -2.23. The minimum absolute atomic E-state index is 0.0640. The maximum Gasteiger partial charge on any atom is 0.311 e. The van der Waals surface area contributed by atoms with Gasteiger partial charge in [0.15, 0.2) is 0 Å². The number of likely N-dealkylation sites (N-methyl/N-ethyl adjacent to an activating group) is 1. The summed E-state index contributed by atoms with van der Waals surface area (Å²) in [6, 6.07) is 7.58. The highest BCUT2D eigenvalue weighted by Crippen LogP contribution is 2.27. The second-order valence-corrected chi connectivity index (χ2v) is 5.25. The fourth-order valence-electron chi connectivity index (χ4n) is 2.72. The third-order valence-corrected chi connectivity index (χ3v) is 3.94. The Morgan fingerprint density at radius 3 is 2.64 bits per heavy atom. The molecule has 1 N–H and O–H groups in total. The minimum Gasteiger partial charge on any atom is -0.469 e. The minimum atomic E-state index is -0.390. The Balaban J connectivity index is 2.10. The number of rotatable bonds is 6. The van der Waals surface area contributed by atoms with Crippen LogP contribution in [0.25, 0.3) is 0 Å². The standard InChI is InChI=1S/C16H22N2O4/c1-3-17(8-9-19)13-4-6-14(7-5-13)18-11-12(10-15(18)20)16(21)22-2/h4-7,12,19H,3,8-11H2,1-2H3. The molecule has 2 rings (SSSR count). The van der Waals surface area contributed by atoms with Crippen LogP contribution in [0.3, 0.4) is 0 Å². The molecule has 1 unspecified atom stereocenters. The van der Waals surface area contributed by atoms with Crippen molar-refractivity contribution in [1.82, 2.24) is 0 Å². The Morgan fingerprint density at radius 2 is 2.09 bits per heavy atom. The van der Waals surface area contributed by atoms with Crippen LogP contribution in [0.5, 0.6) is 0 Å². The van der Waals surface area contributed by atoms with Crippen molar-refractivity contribution in [2.75, 3.05) is 43.2 Å². The second-order valence-electron chi connectivity index (χ2n) is 5.25. The van der Waals surface area contributed by atoms with Gasteiger partial charge in [0.05, 0.1) is 19.6 Å². The molecule has 6 heteroatoms. The van der Waals surface area contributed by atoms with Crippen LogP contribution in [0.15, 0.2) is 24.3 Å². The van der Waals surface area contributed by atoms with Gasteiger partial charge in [0.25, 0.3) is 0 Å². The molecule has 1 aliphatic rings. The van der Waals surface area contributed by atoms with Crippen molar-refractivity contribution in [2.24, 2.45) is 5.92 Å². The lowest BCUT2D eigenvalue weighted by molar-refractivity contribution is -0.145. The lowest BCUT2D eigenvalue weighted by Crippen LogP contribution is -2.27. The monoisotopic (exact) mass is 306 g/mol. The summed E-state index contributed by atoms with van der Waals surface area (Å²) in [7, 11) is 1.34. The number of nitrogens with zero attached hydrogens (tertiary/aromatic N) is 2. The van der Waals surface area contributed by atoms with Gasteiger partial charge < -0.3 is 19.6 Å². The van der Waals surface area contributed by atoms with Crippen LogP contribution in [0.4, 0.5) is 11.4 Å².